The Bertz CT molecular complexity index is 306. The number of carbonyl (C=O) groups is 1. The Kier molecular flexibility index (Phi) is 5.79. The highest BCUT2D eigenvalue weighted by Gasteiger charge is 2.03. The summed E-state index contributed by atoms with van der Waals surface area (Å²) >= 11 is 0. The largest absolute Gasteiger partial charge is 0.328 e. The molecule has 2 heteroatoms. The average molecular weight is 219 g/mol. The van der Waals surface area contributed by atoms with Gasteiger partial charge >= 0.3 is 0 Å². The van der Waals surface area contributed by atoms with Crippen molar-refractivity contribution in [2.45, 2.75) is 45.1 Å². The zero-order valence-corrected chi connectivity index (χ0v) is 9.99. The first-order valence-corrected chi connectivity index (χ1v) is 5.99. The molecule has 1 unspecified atom stereocenters. The van der Waals surface area contributed by atoms with Crippen molar-refractivity contribution < 1.29 is 4.79 Å². The standard InChI is InChI=1S/C14H21NO/c1-12(15)10-11-14(16)9-5-8-13-6-3-2-4-7-13/h2-4,6-7,12H,5,8-11,15H2,1H3. The molecule has 0 amide bonds. The molecule has 16 heavy (non-hydrogen) atoms. The molecule has 88 valence electrons. The Labute approximate surface area is 97.9 Å². The SMILES string of the molecule is CC(N)CCC(=O)CCCc1ccccc1. The fourth-order valence-corrected chi connectivity index (χ4v) is 1.65. The van der Waals surface area contributed by atoms with Crippen LogP contribution >= 0.6 is 0 Å². The Balaban J connectivity index is 2.13. The second kappa shape index (κ2) is 7.18. The minimum Gasteiger partial charge on any atom is -0.328 e. The van der Waals surface area contributed by atoms with E-state index in [2.05, 4.69) is 12.1 Å². The third-order valence-corrected chi connectivity index (χ3v) is 2.64. The fraction of sp³-hybridized carbons (Fsp3) is 0.500. The first-order valence-electron chi connectivity index (χ1n) is 5.99. The second-order valence-corrected chi connectivity index (χ2v) is 4.39. The molecule has 1 aromatic carbocycles. The van der Waals surface area contributed by atoms with E-state index < -0.39 is 0 Å². The molecule has 2 N–H and O–H groups in total. The van der Waals surface area contributed by atoms with Gasteiger partial charge in [0.15, 0.2) is 0 Å². The van der Waals surface area contributed by atoms with Crippen LogP contribution in [0.5, 0.6) is 0 Å². The van der Waals surface area contributed by atoms with Crippen LogP contribution in [0.1, 0.15) is 38.2 Å². The van der Waals surface area contributed by atoms with E-state index in [-0.39, 0.29) is 6.04 Å². The maximum Gasteiger partial charge on any atom is 0.132 e. The van der Waals surface area contributed by atoms with Crippen LogP contribution in [0.2, 0.25) is 0 Å². The van der Waals surface area contributed by atoms with Crippen LogP contribution in [0.25, 0.3) is 0 Å². The summed E-state index contributed by atoms with van der Waals surface area (Å²) in [5.74, 6) is 0.341. The van der Waals surface area contributed by atoms with Crippen molar-refractivity contribution in [2.24, 2.45) is 5.73 Å². The first-order chi connectivity index (χ1) is 7.68. The van der Waals surface area contributed by atoms with Crippen molar-refractivity contribution in [3.8, 4) is 0 Å². The van der Waals surface area contributed by atoms with Crippen LogP contribution in [0.4, 0.5) is 0 Å². The van der Waals surface area contributed by atoms with Crippen molar-refractivity contribution in [1.29, 1.82) is 0 Å². The average Bonchev–Trinajstić information content (AvgIpc) is 2.28. The molecule has 0 saturated carbocycles. The van der Waals surface area contributed by atoms with Crippen molar-refractivity contribution in [1.82, 2.24) is 0 Å². The molecule has 0 aliphatic rings. The van der Waals surface area contributed by atoms with E-state index in [1.54, 1.807) is 0 Å². The number of carbonyl (C=O) groups excluding carboxylic acids is 1. The van der Waals surface area contributed by atoms with Gasteiger partial charge in [0.25, 0.3) is 0 Å². The second-order valence-electron chi connectivity index (χ2n) is 4.39. The van der Waals surface area contributed by atoms with Gasteiger partial charge in [-0.3, -0.25) is 4.79 Å². The summed E-state index contributed by atoms with van der Waals surface area (Å²) in [4.78, 5) is 11.5. The molecule has 0 aliphatic heterocycles. The minimum absolute atomic E-state index is 0.137. The molecular weight excluding hydrogens is 198 g/mol. The molecule has 0 aliphatic carbocycles. The normalized spacial score (nSPS) is 12.4. The van der Waals surface area contributed by atoms with Gasteiger partial charge in [0.05, 0.1) is 0 Å². The predicted molar refractivity (Wildman–Crippen MR) is 67.3 cm³/mol. The molecular formula is C14H21NO. The quantitative estimate of drug-likeness (QED) is 0.766. The summed E-state index contributed by atoms with van der Waals surface area (Å²) in [6.45, 7) is 1.94. The van der Waals surface area contributed by atoms with Crippen molar-refractivity contribution >= 4 is 5.78 Å². The van der Waals surface area contributed by atoms with Crippen molar-refractivity contribution in [3.05, 3.63) is 35.9 Å². The Morgan fingerprint density at radius 2 is 1.94 bits per heavy atom. The number of hydrogen-bond donors (Lipinski definition) is 1. The van der Waals surface area contributed by atoms with Crippen LogP contribution in [-0.4, -0.2) is 11.8 Å². The molecule has 0 saturated heterocycles. The van der Waals surface area contributed by atoms with Gasteiger partial charge in [0.2, 0.25) is 0 Å². The summed E-state index contributed by atoms with van der Waals surface area (Å²) in [5.41, 5.74) is 6.92. The van der Waals surface area contributed by atoms with E-state index in [0.29, 0.717) is 18.6 Å². The molecule has 1 atom stereocenters. The zero-order valence-electron chi connectivity index (χ0n) is 9.99. The van der Waals surface area contributed by atoms with Gasteiger partial charge in [-0.05, 0) is 31.7 Å². The molecule has 0 radical (unpaired) electrons. The van der Waals surface area contributed by atoms with Crippen molar-refractivity contribution in [3.63, 3.8) is 0 Å². The van der Waals surface area contributed by atoms with Gasteiger partial charge in [-0.1, -0.05) is 30.3 Å². The summed E-state index contributed by atoms with van der Waals surface area (Å²) in [7, 11) is 0. The Morgan fingerprint density at radius 1 is 1.25 bits per heavy atom. The lowest BCUT2D eigenvalue weighted by Crippen LogP contribution is -2.16. The maximum absolute atomic E-state index is 11.5. The number of Topliss-reactive ketones (excluding diaryl/α,β-unsaturated/α-hetero) is 1. The topological polar surface area (TPSA) is 43.1 Å². The van der Waals surface area contributed by atoms with Gasteiger partial charge in [-0.15, -0.1) is 0 Å². The zero-order chi connectivity index (χ0) is 11.8. The van der Waals surface area contributed by atoms with E-state index in [4.69, 9.17) is 5.73 Å². The number of aryl methyl sites for hydroxylation is 1. The number of ketones is 1. The minimum atomic E-state index is 0.137. The Morgan fingerprint density at radius 3 is 2.56 bits per heavy atom. The van der Waals surface area contributed by atoms with Crippen molar-refractivity contribution in [2.75, 3.05) is 0 Å². The van der Waals surface area contributed by atoms with Gasteiger partial charge in [0, 0.05) is 18.9 Å². The van der Waals surface area contributed by atoms with Crippen LogP contribution < -0.4 is 5.73 Å². The number of nitrogens with two attached hydrogens (primary N) is 1. The maximum atomic E-state index is 11.5. The van der Waals surface area contributed by atoms with Crippen LogP contribution in [0, 0.1) is 0 Å². The molecule has 0 spiro atoms. The van der Waals surface area contributed by atoms with E-state index >= 15 is 0 Å². The Hall–Kier alpha value is -1.15. The molecule has 2 nitrogen and oxygen atoms in total. The molecule has 1 aromatic rings. The van der Waals surface area contributed by atoms with Gasteiger partial charge in [0.1, 0.15) is 5.78 Å². The van der Waals surface area contributed by atoms with Gasteiger partial charge in [-0.25, -0.2) is 0 Å². The van der Waals surface area contributed by atoms with E-state index in [0.717, 1.165) is 19.3 Å². The molecule has 0 bridgehead atoms. The van der Waals surface area contributed by atoms with E-state index in [1.165, 1.54) is 5.56 Å². The summed E-state index contributed by atoms with van der Waals surface area (Å²) in [5, 5.41) is 0. The lowest BCUT2D eigenvalue weighted by Gasteiger charge is -2.04. The first kappa shape index (κ1) is 12.9. The van der Waals surface area contributed by atoms with Crippen LogP contribution in [0.15, 0.2) is 30.3 Å². The summed E-state index contributed by atoms with van der Waals surface area (Å²) < 4.78 is 0. The molecule has 0 heterocycles. The highest BCUT2D eigenvalue weighted by atomic mass is 16.1. The smallest absolute Gasteiger partial charge is 0.132 e. The van der Waals surface area contributed by atoms with Gasteiger partial charge < -0.3 is 5.73 Å². The highest BCUT2D eigenvalue weighted by Crippen LogP contribution is 2.07. The lowest BCUT2D eigenvalue weighted by atomic mass is 10.0. The van der Waals surface area contributed by atoms with Crippen LogP contribution in [-0.2, 0) is 11.2 Å². The van der Waals surface area contributed by atoms with E-state index in [9.17, 15) is 4.79 Å². The van der Waals surface area contributed by atoms with Gasteiger partial charge in [-0.2, -0.15) is 0 Å². The molecule has 1 rings (SSSR count). The summed E-state index contributed by atoms with van der Waals surface area (Å²) in [6.07, 6.45) is 4.06. The number of benzene rings is 1. The predicted octanol–water partition coefficient (Wildman–Crippen LogP) is 2.71. The monoisotopic (exact) mass is 219 g/mol. The van der Waals surface area contributed by atoms with E-state index in [1.807, 2.05) is 25.1 Å². The summed E-state index contributed by atoms with van der Waals surface area (Å²) in [6, 6.07) is 10.4. The highest BCUT2D eigenvalue weighted by molar-refractivity contribution is 5.78. The number of rotatable bonds is 7. The molecule has 0 aromatic heterocycles. The third kappa shape index (κ3) is 5.66. The van der Waals surface area contributed by atoms with Crippen LogP contribution in [0.3, 0.4) is 0 Å². The molecule has 0 fully saturated rings. The fourth-order valence-electron chi connectivity index (χ4n) is 1.65. The number of hydrogen-bond acceptors (Lipinski definition) is 2. The third-order valence-electron chi connectivity index (χ3n) is 2.64. The lowest BCUT2D eigenvalue weighted by molar-refractivity contribution is -0.119.